The van der Waals surface area contributed by atoms with Gasteiger partial charge in [-0.1, -0.05) is 23.7 Å². The van der Waals surface area contributed by atoms with Crippen LogP contribution in [0.4, 0.5) is 0 Å². The molecule has 6 nitrogen and oxygen atoms in total. The molecule has 1 unspecified atom stereocenters. The van der Waals surface area contributed by atoms with Crippen molar-refractivity contribution in [2.75, 3.05) is 0 Å². The Balaban J connectivity index is 1.82. The van der Waals surface area contributed by atoms with Crippen LogP contribution in [0, 0.1) is 0 Å². The van der Waals surface area contributed by atoms with Gasteiger partial charge in [-0.2, -0.15) is 5.10 Å². The first kappa shape index (κ1) is 14.7. The molecule has 0 aliphatic rings. The van der Waals surface area contributed by atoms with Gasteiger partial charge in [0.25, 0.3) is 0 Å². The molecule has 22 heavy (non-hydrogen) atoms. The second kappa shape index (κ2) is 6.29. The Kier molecular flexibility index (Phi) is 4.22. The Bertz CT molecular complexity index is 658. The molecule has 2 aromatic heterocycles. The van der Waals surface area contributed by atoms with E-state index in [9.17, 15) is 5.11 Å². The normalized spacial score (nSPS) is 13.9. The largest absolute Gasteiger partial charge is 0.387 e. The van der Waals surface area contributed by atoms with Crippen molar-refractivity contribution in [3.8, 4) is 0 Å². The van der Waals surface area contributed by atoms with Gasteiger partial charge in [-0.25, -0.2) is 9.97 Å². The van der Waals surface area contributed by atoms with Crippen LogP contribution < -0.4 is 0 Å². The SMILES string of the molecule is OC(Cc1ccc(Cl)cc1)(Cc1ncc[nH]1)Cn1cncn1. The summed E-state index contributed by atoms with van der Waals surface area (Å²) < 4.78 is 1.62. The second-order valence-corrected chi connectivity index (χ2v) is 5.77. The summed E-state index contributed by atoms with van der Waals surface area (Å²) in [5.41, 5.74) is -0.0297. The van der Waals surface area contributed by atoms with Gasteiger partial charge < -0.3 is 10.1 Å². The molecule has 2 N–H and O–H groups in total. The lowest BCUT2D eigenvalue weighted by Crippen LogP contribution is -2.39. The van der Waals surface area contributed by atoms with E-state index in [1.165, 1.54) is 6.33 Å². The Morgan fingerprint density at radius 2 is 2.05 bits per heavy atom. The number of rotatable bonds is 6. The summed E-state index contributed by atoms with van der Waals surface area (Å²) in [6.07, 6.45) is 7.32. The van der Waals surface area contributed by atoms with Gasteiger partial charge in [-0.3, -0.25) is 4.68 Å². The molecular formula is C15H16ClN5O. The number of nitrogens with zero attached hydrogens (tertiary/aromatic N) is 4. The summed E-state index contributed by atoms with van der Waals surface area (Å²) in [5, 5.41) is 15.9. The minimum absolute atomic E-state index is 0.330. The van der Waals surface area contributed by atoms with Gasteiger partial charge in [0.05, 0.1) is 12.1 Å². The first-order valence-corrected chi connectivity index (χ1v) is 7.28. The quantitative estimate of drug-likeness (QED) is 0.727. The van der Waals surface area contributed by atoms with Crippen LogP contribution >= 0.6 is 11.6 Å². The molecule has 0 aliphatic heterocycles. The number of halogens is 1. The molecule has 3 aromatic rings. The molecule has 0 saturated heterocycles. The minimum atomic E-state index is -1.03. The fraction of sp³-hybridized carbons (Fsp3) is 0.267. The van der Waals surface area contributed by atoms with Crippen LogP contribution in [0.1, 0.15) is 11.4 Å². The molecule has 2 heterocycles. The maximum atomic E-state index is 11.1. The van der Waals surface area contributed by atoms with E-state index in [-0.39, 0.29) is 0 Å². The van der Waals surface area contributed by atoms with Gasteiger partial charge in [-0.05, 0) is 17.7 Å². The zero-order valence-corrected chi connectivity index (χ0v) is 12.6. The summed E-state index contributed by atoms with van der Waals surface area (Å²) in [6, 6.07) is 7.47. The van der Waals surface area contributed by atoms with E-state index in [1.807, 2.05) is 24.3 Å². The zero-order chi connectivity index (χ0) is 15.4. The highest BCUT2D eigenvalue weighted by Gasteiger charge is 2.30. The van der Waals surface area contributed by atoms with Gasteiger partial charge in [-0.15, -0.1) is 0 Å². The number of aromatic amines is 1. The lowest BCUT2D eigenvalue weighted by Gasteiger charge is -2.27. The third-order valence-corrected chi connectivity index (χ3v) is 3.67. The highest BCUT2D eigenvalue weighted by molar-refractivity contribution is 6.30. The molecular weight excluding hydrogens is 302 g/mol. The van der Waals surface area contributed by atoms with Crippen LogP contribution in [0.5, 0.6) is 0 Å². The number of aromatic nitrogens is 5. The third-order valence-electron chi connectivity index (χ3n) is 3.42. The van der Waals surface area contributed by atoms with E-state index in [0.29, 0.717) is 24.4 Å². The van der Waals surface area contributed by atoms with E-state index in [2.05, 4.69) is 20.1 Å². The van der Waals surface area contributed by atoms with Crippen LogP contribution in [-0.2, 0) is 19.4 Å². The second-order valence-electron chi connectivity index (χ2n) is 5.33. The number of aliphatic hydroxyl groups is 1. The average molecular weight is 318 g/mol. The van der Waals surface area contributed by atoms with E-state index in [0.717, 1.165) is 11.4 Å². The van der Waals surface area contributed by atoms with Crippen molar-refractivity contribution in [3.05, 3.63) is 65.7 Å². The van der Waals surface area contributed by atoms with E-state index < -0.39 is 5.60 Å². The Labute approximate surface area is 132 Å². The predicted octanol–water partition coefficient (Wildman–Crippen LogP) is 1.87. The van der Waals surface area contributed by atoms with Crippen LogP contribution in [0.2, 0.25) is 5.02 Å². The molecule has 0 amide bonds. The molecule has 0 fully saturated rings. The van der Waals surface area contributed by atoms with Gasteiger partial charge >= 0.3 is 0 Å². The summed E-state index contributed by atoms with van der Waals surface area (Å²) in [5.74, 6) is 0.733. The van der Waals surface area contributed by atoms with E-state index in [1.54, 1.807) is 23.4 Å². The predicted molar refractivity (Wildman–Crippen MR) is 82.4 cm³/mol. The third kappa shape index (κ3) is 3.72. The zero-order valence-electron chi connectivity index (χ0n) is 11.9. The number of nitrogens with one attached hydrogen (secondary N) is 1. The van der Waals surface area contributed by atoms with Gasteiger partial charge in [0.15, 0.2) is 0 Å². The topological polar surface area (TPSA) is 79.6 Å². The number of imidazole rings is 1. The van der Waals surface area contributed by atoms with Crippen molar-refractivity contribution in [2.24, 2.45) is 0 Å². The number of H-pyrrole nitrogens is 1. The molecule has 0 saturated carbocycles. The summed E-state index contributed by atoms with van der Waals surface area (Å²) in [7, 11) is 0. The van der Waals surface area contributed by atoms with E-state index in [4.69, 9.17) is 11.6 Å². The maximum Gasteiger partial charge on any atom is 0.137 e. The van der Waals surface area contributed by atoms with Crippen LogP contribution in [0.15, 0.2) is 49.3 Å². The van der Waals surface area contributed by atoms with E-state index >= 15 is 0 Å². The van der Waals surface area contributed by atoms with Crippen molar-refractivity contribution in [1.82, 2.24) is 24.7 Å². The monoisotopic (exact) mass is 317 g/mol. The van der Waals surface area contributed by atoms with Crippen molar-refractivity contribution in [3.63, 3.8) is 0 Å². The molecule has 0 aliphatic carbocycles. The molecule has 0 bridgehead atoms. The fourth-order valence-corrected chi connectivity index (χ4v) is 2.60. The summed E-state index contributed by atoms with van der Waals surface area (Å²) in [4.78, 5) is 11.2. The maximum absolute atomic E-state index is 11.1. The van der Waals surface area contributed by atoms with Gasteiger partial charge in [0.1, 0.15) is 18.5 Å². The Morgan fingerprint density at radius 1 is 1.23 bits per heavy atom. The first-order valence-electron chi connectivity index (χ1n) is 6.90. The van der Waals surface area contributed by atoms with Crippen LogP contribution in [0.25, 0.3) is 0 Å². The summed E-state index contributed by atoms with van der Waals surface area (Å²) in [6.45, 7) is 0.330. The van der Waals surface area contributed by atoms with Gasteiger partial charge in [0.2, 0.25) is 0 Å². The standard InChI is InChI=1S/C15H16ClN5O/c16-13-3-1-12(2-4-13)7-15(22,8-14-18-5-6-19-14)9-21-11-17-10-20-21/h1-6,10-11,22H,7-9H2,(H,18,19). The first-order chi connectivity index (χ1) is 10.6. The molecule has 7 heteroatoms. The number of benzene rings is 1. The number of hydrogen-bond acceptors (Lipinski definition) is 4. The Hall–Kier alpha value is -2.18. The lowest BCUT2D eigenvalue weighted by molar-refractivity contribution is 0.0181. The van der Waals surface area contributed by atoms with Crippen molar-refractivity contribution in [1.29, 1.82) is 0 Å². The van der Waals surface area contributed by atoms with Gasteiger partial charge in [0, 0.05) is 30.3 Å². The fourth-order valence-electron chi connectivity index (χ4n) is 2.48. The van der Waals surface area contributed by atoms with Crippen molar-refractivity contribution < 1.29 is 5.11 Å². The molecule has 1 atom stereocenters. The molecule has 3 rings (SSSR count). The van der Waals surface area contributed by atoms with Crippen LogP contribution in [0.3, 0.4) is 0 Å². The molecule has 0 radical (unpaired) electrons. The lowest BCUT2D eigenvalue weighted by atomic mass is 9.90. The summed E-state index contributed by atoms with van der Waals surface area (Å²) >= 11 is 5.91. The minimum Gasteiger partial charge on any atom is -0.387 e. The Morgan fingerprint density at radius 3 is 2.68 bits per heavy atom. The number of hydrogen-bond donors (Lipinski definition) is 2. The smallest absolute Gasteiger partial charge is 0.137 e. The van der Waals surface area contributed by atoms with Crippen molar-refractivity contribution in [2.45, 2.75) is 25.0 Å². The highest BCUT2D eigenvalue weighted by Crippen LogP contribution is 2.21. The average Bonchev–Trinajstić information content (AvgIpc) is 3.15. The molecule has 0 spiro atoms. The highest BCUT2D eigenvalue weighted by atomic mass is 35.5. The molecule has 1 aromatic carbocycles. The van der Waals surface area contributed by atoms with Crippen molar-refractivity contribution >= 4 is 11.6 Å². The van der Waals surface area contributed by atoms with Crippen LogP contribution in [-0.4, -0.2) is 35.4 Å². The molecule has 114 valence electrons.